The molecule has 0 spiro atoms. The molecule has 1 saturated carbocycles. The standard InChI is InChI=1S/C8H14S/c1-2-4-8-6-9-5-7(8)3-1/h7-8H,1-6H2/t7-,8+. The first-order valence-electron chi connectivity index (χ1n) is 4.04. The van der Waals surface area contributed by atoms with Crippen molar-refractivity contribution in [3.05, 3.63) is 0 Å². The van der Waals surface area contributed by atoms with Crippen LogP contribution < -0.4 is 0 Å². The SMILES string of the molecule is C1CC[C@H]2CSC[C@H]2C1. The van der Waals surface area contributed by atoms with Gasteiger partial charge in [0.1, 0.15) is 0 Å². The van der Waals surface area contributed by atoms with Crippen LogP contribution in [0.1, 0.15) is 25.7 Å². The van der Waals surface area contributed by atoms with E-state index in [4.69, 9.17) is 0 Å². The van der Waals surface area contributed by atoms with Crippen LogP contribution in [0.4, 0.5) is 0 Å². The van der Waals surface area contributed by atoms with Crippen molar-refractivity contribution in [3.63, 3.8) is 0 Å². The zero-order valence-corrected chi connectivity index (χ0v) is 6.62. The summed E-state index contributed by atoms with van der Waals surface area (Å²) in [6.45, 7) is 0. The molecule has 0 aromatic rings. The third kappa shape index (κ3) is 1.12. The summed E-state index contributed by atoms with van der Waals surface area (Å²) in [5.74, 6) is 5.21. The Morgan fingerprint density at radius 3 is 2.00 bits per heavy atom. The Morgan fingerprint density at radius 2 is 1.44 bits per heavy atom. The monoisotopic (exact) mass is 142 g/mol. The second-order valence-electron chi connectivity index (χ2n) is 3.34. The highest BCUT2D eigenvalue weighted by Crippen LogP contribution is 2.39. The molecule has 9 heavy (non-hydrogen) atoms. The van der Waals surface area contributed by atoms with E-state index in [1.807, 2.05) is 0 Å². The molecular formula is C8H14S. The predicted octanol–water partition coefficient (Wildman–Crippen LogP) is 2.54. The lowest BCUT2D eigenvalue weighted by Gasteiger charge is -2.23. The van der Waals surface area contributed by atoms with Crippen molar-refractivity contribution < 1.29 is 0 Å². The van der Waals surface area contributed by atoms with Crippen molar-refractivity contribution >= 4 is 11.8 Å². The molecule has 52 valence electrons. The topological polar surface area (TPSA) is 0 Å². The molecule has 2 atom stereocenters. The first-order chi connectivity index (χ1) is 4.47. The number of fused-ring (bicyclic) bond motifs is 1. The van der Waals surface area contributed by atoms with Crippen LogP contribution in [0.5, 0.6) is 0 Å². The third-order valence-electron chi connectivity index (χ3n) is 2.73. The minimum atomic E-state index is 1.13. The fraction of sp³-hybridized carbons (Fsp3) is 1.00. The molecule has 0 aromatic heterocycles. The molecule has 1 aliphatic carbocycles. The molecule has 1 heterocycles. The third-order valence-corrected chi connectivity index (χ3v) is 4.06. The molecule has 0 N–H and O–H groups in total. The Hall–Kier alpha value is 0.350. The van der Waals surface area contributed by atoms with Gasteiger partial charge in [-0.25, -0.2) is 0 Å². The second kappa shape index (κ2) is 2.53. The summed E-state index contributed by atoms with van der Waals surface area (Å²) in [5.41, 5.74) is 0. The van der Waals surface area contributed by atoms with Crippen molar-refractivity contribution in [2.45, 2.75) is 25.7 Å². The molecule has 2 aliphatic rings. The molecule has 0 bridgehead atoms. The predicted molar refractivity (Wildman–Crippen MR) is 42.8 cm³/mol. The van der Waals surface area contributed by atoms with E-state index in [0.717, 1.165) is 11.8 Å². The minimum Gasteiger partial charge on any atom is -0.161 e. The molecule has 1 aliphatic heterocycles. The average Bonchev–Trinajstić information content (AvgIpc) is 2.33. The van der Waals surface area contributed by atoms with Crippen molar-refractivity contribution in [1.82, 2.24) is 0 Å². The van der Waals surface area contributed by atoms with E-state index < -0.39 is 0 Å². The quantitative estimate of drug-likeness (QED) is 0.501. The van der Waals surface area contributed by atoms with Crippen LogP contribution in [0.25, 0.3) is 0 Å². The van der Waals surface area contributed by atoms with Crippen molar-refractivity contribution in [2.75, 3.05) is 11.5 Å². The highest BCUT2D eigenvalue weighted by Gasteiger charge is 2.29. The van der Waals surface area contributed by atoms with Gasteiger partial charge in [-0.3, -0.25) is 0 Å². The number of rotatable bonds is 0. The normalized spacial score (nSPS) is 42.7. The highest BCUT2D eigenvalue weighted by atomic mass is 32.2. The summed E-state index contributed by atoms with van der Waals surface area (Å²) in [6, 6.07) is 0. The maximum atomic E-state index is 2.18. The van der Waals surface area contributed by atoms with Gasteiger partial charge in [0.2, 0.25) is 0 Å². The Morgan fingerprint density at radius 1 is 0.889 bits per heavy atom. The van der Waals surface area contributed by atoms with Crippen molar-refractivity contribution in [1.29, 1.82) is 0 Å². The summed E-state index contributed by atoms with van der Waals surface area (Å²) in [4.78, 5) is 0. The van der Waals surface area contributed by atoms with Crippen LogP contribution >= 0.6 is 11.8 Å². The first kappa shape index (κ1) is 6.09. The number of hydrogen-bond acceptors (Lipinski definition) is 1. The first-order valence-corrected chi connectivity index (χ1v) is 5.20. The van der Waals surface area contributed by atoms with E-state index >= 15 is 0 Å². The maximum Gasteiger partial charge on any atom is -0.00361 e. The summed E-state index contributed by atoms with van der Waals surface area (Å²) in [6.07, 6.45) is 6.11. The van der Waals surface area contributed by atoms with Crippen LogP contribution in [0, 0.1) is 11.8 Å². The van der Waals surface area contributed by atoms with Gasteiger partial charge in [0.25, 0.3) is 0 Å². The Bertz CT molecular complexity index is 88.7. The Labute approximate surface area is 61.4 Å². The van der Waals surface area contributed by atoms with Gasteiger partial charge < -0.3 is 0 Å². The van der Waals surface area contributed by atoms with E-state index in [-0.39, 0.29) is 0 Å². The van der Waals surface area contributed by atoms with E-state index in [1.54, 1.807) is 0 Å². The van der Waals surface area contributed by atoms with Crippen molar-refractivity contribution in [2.24, 2.45) is 11.8 Å². The second-order valence-corrected chi connectivity index (χ2v) is 4.42. The summed E-state index contributed by atoms with van der Waals surface area (Å²) in [5, 5.41) is 0. The molecule has 1 heteroatoms. The van der Waals surface area contributed by atoms with Gasteiger partial charge in [-0.05, 0) is 36.2 Å². The minimum absolute atomic E-state index is 1.13. The smallest absolute Gasteiger partial charge is 0.00361 e. The lowest BCUT2D eigenvalue weighted by atomic mass is 9.82. The lowest BCUT2D eigenvalue weighted by Crippen LogP contribution is -2.16. The van der Waals surface area contributed by atoms with Crippen molar-refractivity contribution in [3.8, 4) is 0 Å². The highest BCUT2D eigenvalue weighted by molar-refractivity contribution is 7.99. The van der Waals surface area contributed by atoms with Crippen LogP contribution in [-0.2, 0) is 0 Å². The summed E-state index contributed by atoms with van der Waals surface area (Å²) in [7, 11) is 0. The Balaban J connectivity index is 1.97. The molecule has 0 amide bonds. The van der Waals surface area contributed by atoms with Crippen LogP contribution in [0.3, 0.4) is 0 Å². The van der Waals surface area contributed by atoms with Gasteiger partial charge >= 0.3 is 0 Å². The molecular weight excluding hydrogens is 128 g/mol. The fourth-order valence-corrected chi connectivity index (χ4v) is 3.71. The molecule has 2 fully saturated rings. The van der Waals surface area contributed by atoms with Crippen LogP contribution in [0.15, 0.2) is 0 Å². The fourth-order valence-electron chi connectivity index (χ4n) is 2.09. The number of thioether (sulfide) groups is 1. The van der Waals surface area contributed by atoms with Crippen LogP contribution in [0.2, 0.25) is 0 Å². The van der Waals surface area contributed by atoms with Gasteiger partial charge in [0.15, 0.2) is 0 Å². The lowest BCUT2D eigenvalue weighted by molar-refractivity contribution is 0.299. The molecule has 0 unspecified atom stereocenters. The maximum absolute atomic E-state index is 2.18. The molecule has 1 saturated heterocycles. The summed E-state index contributed by atoms with van der Waals surface area (Å²) < 4.78 is 0. The van der Waals surface area contributed by atoms with Gasteiger partial charge in [-0.1, -0.05) is 12.8 Å². The zero-order chi connectivity index (χ0) is 6.10. The van der Waals surface area contributed by atoms with E-state index in [0.29, 0.717) is 0 Å². The van der Waals surface area contributed by atoms with E-state index in [2.05, 4.69) is 11.8 Å². The van der Waals surface area contributed by atoms with Gasteiger partial charge in [0, 0.05) is 0 Å². The van der Waals surface area contributed by atoms with Crippen LogP contribution in [-0.4, -0.2) is 11.5 Å². The molecule has 0 aromatic carbocycles. The molecule has 0 nitrogen and oxygen atoms in total. The largest absolute Gasteiger partial charge is 0.161 e. The van der Waals surface area contributed by atoms with Gasteiger partial charge in [-0.2, -0.15) is 11.8 Å². The summed E-state index contributed by atoms with van der Waals surface area (Å²) >= 11 is 2.18. The number of hydrogen-bond donors (Lipinski definition) is 0. The van der Waals surface area contributed by atoms with E-state index in [1.165, 1.54) is 37.2 Å². The average molecular weight is 142 g/mol. The molecule has 2 rings (SSSR count). The Kier molecular flexibility index (Phi) is 1.71. The zero-order valence-electron chi connectivity index (χ0n) is 5.81. The van der Waals surface area contributed by atoms with E-state index in [9.17, 15) is 0 Å². The molecule has 0 radical (unpaired) electrons. The van der Waals surface area contributed by atoms with Gasteiger partial charge in [-0.15, -0.1) is 0 Å². The van der Waals surface area contributed by atoms with Gasteiger partial charge in [0.05, 0.1) is 0 Å².